The number of carboxylic acid groups (broad SMARTS) is 1. The summed E-state index contributed by atoms with van der Waals surface area (Å²) < 4.78 is 0. The van der Waals surface area contributed by atoms with Crippen molar-refractivity contribution in [3.63, 3.8) is 0 Å². The Kier molecular flexibility index (Phi) is 28.0. The molecule has 0 spiro atoms. The minimum atomic E-state index is -1.00. The number of nitrogens with two attached hydrogens (primary N) is 2. The highest BCUT2D eigenvalue weighted by Gasteiger charge is 2.01. The van der Waals surface area contributed by atoms with E-state index in [4.69, 9.17) is 16.6 Å². The predicted molar refractivity (Wildman–Crippen MR) is 111 cm³/mol. The van der Waals surface area contributed by atoms with Crippen molar-refractivity contribution in [2.75, 3.05) is 24.6 Å². The van der Waals surface area contributed by atoms with Crippen molar-refractivity contribution >= 4 is 39.4 Å². The smallest absolute Gasteiger partial charge is 0.322 e. The number of rotatable bonds is 7. The van der Waals surface area contributed by atoms with Crippen LogP contribution in [0.2, 0.25) is 0 Å². The molecule has 0 bridgehead atoms. The van der Waals surface area contributed by atoms with Crippen molar-refractivity contribution < 1.29 is 14.7 Å². The molecular weight excluding hydrogens is 360 g/mol. The number of terminal acetylenes is 1. The number of carbonyl (C=O) groups excluding carboxylic acids is 1. The SMILES string of the molecule is C#C.C1CSSC1.CCCCC(=O)NCC(=O)O.CCCN=C(N)N. The van der Waals surface area contributed by atoms with Gasteiger partial charge in [0.2, 0.25) is 5.91 Å². The Hall–Kier alpha value is -1.53. The number of hydrogen-bond donors (Lipinski definition) is 4. The molecule has 1 aliphatic rings. The monoisotopic (exact) mass is 392 g/mol. The van der Waals surface area contributed by atoms with Crippen LogP contribution in [0.15, 0.2) is 4.99 Å². The second kappa shape index (κ2) is 24.7. The van der Waals surface area contributed by atoms with Crippen LogP contribution in [0.3, 0.4) is 0 Å². The summed E-state index contributed by atoms with van der Waals surface area (Å²) in [4.78, 5) is 24.4. The number of unbranched alkanes of at least 4 members (excludes halogenated alkanes) is 1. The summed E-state index contributed by atoms with van der Waals surface area (Å²) in [6.45, 7) is 4.46. The van der Waals surface area contributed by atoms with Crippen LogP contribution in [0.1, 0.15) is 46.0 Å². The number of nitrogens with zero attached hydrogens (tertiary/aromatic N) is 1. The van der Waals surface area contributed by atoms with Crippen molar-refractivity contribution in [1.29, 1.82) is 0 Å². The van der Waals surface area contributed by atoms with Crippen molar-refractivity contribution in [2.24, 2.45) is 16.5 Å². The van der Waals surface area contributed by atoms with Gasteiger partial charge in [-0.05, 0) is 19.3 Å². The predicted octanol–water partition coefficient (Wildman–Crippen LogP) is 2.07. The van der Waals surface area contributed by atoms with Gasteiger partial charge in [0.25, 0.3) is 0 Å². The average molecular weight is 393 g/mol. The molecule has 6 N–H and O–H groups in total. The summed E-state index contributed by atoms with van der Waals surface area (Å²) in [6.07, 6.45) is 12.6. The summed E-state index contributed by atoms with van der Waals surface area (Å²) in [6, 6.07) is 0. The van der Waals surface area contributed by atoms with E-state index >= 15 is 0 Å². The highest BCUT2D eigenvalue weighted by molar-refractivity contribution is 8.77. The van der Waals surface area contributed by atoms with E-state index in [-0.39, 0.29) is 18.4 Å². The van der Waals surface area contributed by atoms with Gasteiger partial charge in [0.05, 0.1) is 0 Å². The van der Waals surface area contributed by atoms with Crippen molar-refractivity contribution in [3.8, 4) is 12.8 Å². The number of carboxylic acids is 1. The lowest BCUT2D eigenvalue weighted by atomic mass is 10.2. The molecule has 1 aliphatic heterocycles. The van der Waals surface area contributed by atoms with E-state index in [2.05, 4.69) is 23.2 Å². The van der Waals surface area contributed by atoms with Gasteiger partial charge in [-0.3, -0.25) is 14.6 Å². The first-order valence-corrected chi connectivity index (χ1v) is 10.5. The van der Waals surface area contributed by atoms with Crippen molar-refractivity contribution in [3.05, 3.63) is 0 Å². The van der Waals surface area contributed by atoms with Gasteiger partial charge in [0, 0.05) is 24.5 Å². The Balaban J connectivity index is -0.000000295. The zero-order valence-corrected chi connectivity index (χ0v) is 16.8. The van der Waals surface area contributed by atoms with Gasteiger partial charge in [-0.2, -0.15) is 0 Å². The number of nitrogens with one attached hydrogen (secondary N) is 1. The molecule has 1 saturated heterocycles. The highest BCUT2D eigenvalue weighted by atomic mass is 33.1. The Morgan fingerprint density at radius 3 is 2.00 bits per heavy atom. The van der Waals surface area contributed by atoms with Gasteiger partial charge in [0.1, 0.15) is 6.54 Å². The lowest BCUT2D eigenvalue weighted by Crippen LogP contribution is -2.28. The third-order valence-corrected chi connectivity index (χ3v) is 4.83. The van der Waals surface area contributed by atoms with Gasteiger partial charge in [-0.1, -0.05) is 41.9 Å². The first kappa shape index (κ1) is 28.3. The fourth-order valence-electron chi connectivity index (χ4n) is 1.14. The van der Waals surface area contributed by atoms with E-state index in [1.807, 2.05) is 35.4 Å². The van der Waals surface area contributed by atoms with Gasteiger partial charge >= 0.3 is 5.97 Å². The third-order valence-electron chi connectivity index (χ3n) is 2.25. The quantitative estimate of drug-likeness (QED) is 0.226. The van der Waals surface area contributed by atoms with Crippen molar-refractivity contribution in [1.82, 2.24) is 5.32 Å². The highest BCUT2D eigenvalue weighted by Crippen LogP contribution is 2.29. The zero-order valence-electron chi connectivity index (χ0n) is 15.2. The van der Waals surface area contributed by atoms with Crippen molar-refractivity contribution in [2.45, 2.75) is 46.0 Å². The van der Waals surface area contributed by atoms with Gasteiger partial charge in [-0.15, -0.1) is 12.8 Å². The summed E-state index contributed by atoms with van der Waals surface area (Å²) in [5.74, 6) is 1.75. The molecule has 0 aromatic rings. The molecule has 1 rings (SSSR count). The molecule has 1 heterocycles. The maximum atomic E-state index is 10.7. The van der Waals surface area contributed by atoms with E-state index in [0.29, 0.717) is 6.42 Å². The summed E-state index contributed by atoms with van der Waals surface area (Å²) in [7, 11) is 3.98. The normalized spacial score (nSPS) is 11.2. The van der Waals surface area contributed by atoms with Crippen LogP contribution in [0.5, 0.6) is 0 Å². The van der Waals surface area contributed by atoms with Gasteiger partial charge < -0.3 is 21.9 Å². The van der Waals surface area contributed by atoms with Crippen LogP contribution >= 0.6 is 21.6 Å². The minimum absolute atomic E-state index is 0.182. The molecule has 1 amide bonds. The maximum Gasteiger partial charge on any atom is 0.322 e. The molecule has 0 radical (unpaired) electrons. The number of guanidine groups is 1. The molecular formula is C16H32N4O3S2. The molecule has 146 valence electrons. The van der Waals surface area contributed by atoms with E-state index in [0.717, 1.165) is 25.8 Å². The molecule has 0 aromatic heterocycles. The Morgan fingerprint density at radius 1 is 1.16 bits per heavy atom. The van der Waals surface area contributed by atoms with E-state index in [1.165, 1.54) is 17.9 Å². The fraction of sp³-hybridized carbons (Fsp3) is 0.688. The lowest BCUT2D eigenvalue weighted by molar-refractivity contribution is -0.137. The van der Waals surface area contributed by atoms with E-state index < -0.39 is 5.97 Å². The van der Waals surface area contributed by atoms with E-state index in [9.17, 15) is 9.59 Å². The zero-order chi connectivity index (χ0) is 19.9. The largest absolute Gasteiger partial charge is 0.480 e. The molecule has 0 aromatic carbocycles. The summed E-state index contributed by atoms with van der Waals surface area (Å²) in [5, 5.41) is 10.5. The minimum Gasteiger partial charge on any atom is -0.480 e. The average Bonchev–Trinajstić information content (AvgIpc) is 3.18. The Morgan fingerprint density at radius 2 is 1.72 bits per heavy atom. The van der Waals surface area contributed by atoms with Crippen LogP contribution in [-0.2, 0) is 9.59 Å². The first-order valence-electron chi connectivity index (χ1n) is 8.05. The van der Waals surface area contributed by atoms with Crippen LogP contribution in [0, 0.1) is 12.8 Å². The molecule has 0 saturated carbocycles. The number of aliphatic imine (C=N–C) groups is 1. The standard InChI is InChI=1S/C7H13NO3.C4H11N3.C3H6S2.C2H2/c1-2-3-4-6(9)8-5-7(10)11;1-2-3-7-4(5)6;1-2-4-5-3-1;1-2/h2-5H2,1H3,(H,8,9)(H,10,11);2-3H2,1H3,(H4,5,6,7);1-3H2;1-2H. The lowest BCUT2D eigenvalue weighted by Gasteiger charge is -1.99. The van der Waals surface area contributed by atoms with Crippen LogP contribution in [-0.4, -0.2) is 47.5 Å². The van der Waals surface area contributed by atoms with Crippen LogP contribution in [0.4, 0.5) is 0 Å². The fourth-order valence-corrected chi connectivity index (χ4v) is 3.49. The molecule has 0 aliphatic carbocycles. The second-order valence-electron chi connectivity index (χ2n) is 4.58. The number of carbonyl (C=O) groups is 2. The number of amides is 1. The maximum absolute atomic E-state index is 10.7. The van der Waals surface area contributed by atoms with E-state index in [1.54, 1.807) is 0 Å². The summed E-state index contributed by atoms with van der Waals surface area (Å²) in [5.41, 5.74) is 10.0. The molecule has 0 atom stereocenters. The van der Waals surface area contributed by atoms with Crippen LogP contribution < -0.4 is 16.8 Å². The molecule has 9 heteroatoms. The molecule has 7 nitrogen and oxygen atoms in total. The number of aliphatic carboxylic acids is 1. The summed E-state index contributed by atoms with van der Waals surface area (Å²) >= 11 is 0. The van der Waals surface area contributed by atoms with Crippen LogP contribution in [0.25, 0.3) is 0 Å². The molecule has 1 fully saturated rings. The number of hydrogen-bond acceptors (Lipinski definition) is 5. The topological polar surface area (TPSA) is 131 Å². The Bertz CT molecular complexity index is 362. The van der Waals surface area contributed by atoms with Gasteiger partial charge in [0.15, 0.2) is 5.96 Å². The Labute approximate surface area is 159 Å². The third kappa shape index (κ3) is 34.7. The second-order valence-corrected chi connectivity index (χ2v) is 7.28. The van der Waals surface area contributed by atoms with Gasteiger partial charge in [-0.25, -0.2) is 0 Å². The first-order chi connectivity index (χ1) is 11.9. The molecule has 25 heavy (non-hydrogen) atoms. The molecule has 0 unspecified atom stereocenters.